The molecule has 2 aliphatic rings. The maximum absolute atomic E-state index is 13.0. The molecule has 0 radical (unpaired) electrons. The molecule has 190 valence electrons. The minimum atomic E-state index is -0.534. The van der Waals surface area contributed by atoms with Crippen LogP contribution in [0.25, 0.3) is 11.1 Å². The van der Waals surface area contributed by atoms with E-state index in [1.165, 1.54) is 0 Å². The minimum Gasteiger partial charge on any atom is -0.445 e. The Balaban J connectivity index is 1.08. The van der Waals surface area contributed by atoms with E-state index in [0.29, 0.717) is 58.9 Å². The van der Waals surface area contributed by atoms with Crippen LogP contribution in [0.3, 0.4) is 0 Å². The van der Waals surface area contributed by atoms with Gasteiger partial charge < -0.3 is 19.0 Å². The zero-order valence-electron chi connectivity index (χ0n) is 19.5. The molecular formula is C25H26Cl2N4O5. The number of fused-ring (bicyclic) bond motifs is 1. The number of ether oxygens (including phenoxy) is 1. The van der Waals surface area contributed by atoms with E-state index in [2.05, 4.69) is 9.88 Å². The number of benzene rings is 2. The fourth-order valence-corrected chi connectivity index (χ4v) is 5.47. The highest BCUT2D eigenvalue weighted by Crippen LogP contribution is 2.22. The number of H-pyrrole nitrogens is 1. The van der Waals surface area contributed by atoms with Crippen LogP contribution in [0.2, 0.25) is 10.0 Å². The first kappa shape index (κ1) is 24.7. The first-order valence-corrected chi connectivity index (χ1v) is 12.6. The van der Waals surface area contributed by atoms with E-state index >= 15 is 0 Å². The van der Waals surface area contributed by atoms with Crippen molar-refractivity contribution in [1.29, 1.82) is 0 Å². The molecule has 2 amide bonds. The fourth-order valence-electron chi connectivity index (χ4n) is 4.90. The predicted molar refractivity (Wildman–Crippen MR) is 136 cm³/mol. The Bertz CT molecular complexity index is 1300. The molecule has 0 atom stereocenters. The molecule has 0 aliphatic carbocycles. The third-order valence-electron chi connectivity index (χ3n) is 6.79. The van der Waals surface area contributed by atoms with Crippen molar-refractivity contribution < 1.29 is 18.7 Å². The number of hydrogen-bond acceptors (Lipinski definition) is 6. The van der Waals surface area contributed by atoms with Crippen LogP contribution in [0.1, 0.15) is 28.8 Å². The Labute approximate surface area is 217 Å². The smallest absolute Gasteiger partial charge is 0.417 e. The second-order valence-electron chi connectivity index (χ2n) is 9.10. The molecule has 2 fully saturated rings. The van der Waals surface area contributed by atoms with Crippen LogP contribution in [0.5, 0.6) is 0 Å². The van der Waals surface area contributed by atoms with E-state index in [9.17, 15) is 14.4 Å². The summed E-state index contributed by atoms with van der Waals surface area (Å²) in [6.07, 6.45) is 1.37. The molecule has 2 saturated heterocycles. The van der Waals surface area contributed by atoms with Gasteiger partial charge in [0, 0.05) is 60.9 Å². The lowest BCUT2D eigenvalue weighted by Gasteiger charge is -2.42. The van der Waals surface area contributed by atoms with Gasteiger partial charge in [-0.1, -0.05) is 23.2 Å². The number of halogens is 2. The van der Waals surface area contributed by atoms with Crippen LogP contribution in [0.4, 0.5) is 4.79 Å². The van der Waals surface area contributed by atoms with Crippen LogP contribution < -0.4 is 5.76 Å². The van der Waals surface area contributed by atoms with Gasteiger partial charge in [-0.25, -0.2) is 9.59 Å². The highest BCUT2D eigenvalue weighted by atomic mass is 35.5. The van der Waals surface area contributed by atoms with Crippen molar-refractivity contribution in [2.24, 2.45) is 0 Å². The lowest BCUT2D eigenvalue weighted by atomic mass is 10.0. The topological polar surface area (TPSA) is 99.1 Å². The zero-order valence-corrected chi connectivity index (χ0v) is 21.1. The van der Waals surface area contributed by atoms with Crippen LogP contribution in [-0.2, 0) is 11.3 Å². The van der Waals surface area contributed by atoms with Gasteiger partial charge in [-0.15, -0.1) is 0 Å². The van der Waals surface area contributed by atoms with Crippen LogP contribution in [0, 0.1) is 0 Å². The molecule has 2 aliphatic heterocycles. The van der Waals surface area contributed by atoms with E-state index in [0.717, 1.165) is 31.5 Å². The fraction of sp³-hybridized carbons (Fsp3) is 0.400. The number of amides is 2. The number of piperidine rings is 1. The summed E-state index contributed by atoms with van der Waals surface area (Å²) in [5.74, 6) is -0.604. The van der Waals surface area contributed by atoms with Crippen molar-refractivity contribution in [2.45, 2.75) is 25.5 Å². The zero-order chi connectivity index (χ0) is 25.2. The Morgan fingerprint density at radius 1 is 0.944 bits per heavy atom. The molecule has 0 saturated carbocycles. The van der Waals surface area contributed by atoms with Gasteiger partial charge in [0.15, 0.2) is 5.58 Å². The number of carbonyl (C=O) groups excluding carboxylic acids is 2. The molecule has 0 bridgehead atoms. The largest absolute Gasteiger partial charge is 0.445 e. The monoisotopic (exact) mass is 532 g/mol. The first-order chi connectivity index (χ1) is 17.4. The van der Waals surface area contributed by atoms with Gasteiger partial charge in [0.25, 0.3) is 5.91 Å². The third kappa shape index (κ3) is 5.53. The number of carbonyl (C=O) groups is 2. The molecule has 3 heterocycles. The Morgan fingerprint density at radius 3 is 2.33 bits per heavy atom. The Morgan fingerprint density at radius 2 is 1.64 bits per heavy atom. The number of aromatic amines is 1. The molecular weight excluding hydrogens is 507 g/mol. The van der Waals surface area contributed by atoms with Crippen molar-refractivity contribution in [3.63, 3.8) is 0 Å². The molecule has 1 aromatic heterocycles. The second kappa shape index (κ2) is 10.5. The average Bonchev–Trinajstić information content (AvgIpc) is 3.26. The highest BCUT2D eigenvalue weighted by molar-refractivity contribution is 6.34. The summed E-state index contributed by atoms with van der Waals surface area (Å²) >= 11 is 12.0. The molecule has 3 aromatic rings. The lowest BCUT2D eigenvalue weighted by molar-refractivity contribution is 0.0401. The van der Waals surface area contributed by atoms with Crippen LogP contribution in [0.15, 0.2) is 45.6 Å². The van der Waals surface area contributed by atoms with Gasteiger partial charge in [-0.05, 0) is 54.8 Å². The number of rotatable bonds is 4. The molecule has 36 heavy (non-hydrogen) atoms. The molecule has 0 unspecified atom stereocenters. The lowest BCUT2D eigenvalue weighted by Crippen LogP contribution is -2.54. The summed E-state index contributed by atoms with van der Waals surface area (Å²) in [5, 5.41) is 1.01. The normalized spacial score (nSPS) is 17.5. The van der Waals surface area contributed by atoms with E-state index in [1.807, 2.05) is 4.90 Å². The molecule has 2 aromatic carbocycles. The van der Waals surface area contributed by atoms with E-state index in [1.54, 1.807) is 41.3 Å². The quantitative estimate of drug-likeness (QED) is 0.545. The molecule has 11 heteroatoms. The van der Waals surface area contributed by atoms with Gasteiger partial charge in [0.2, 0.25) is 0 Å². The van der Waals surface area contributed by atoms with Gasteiger partial charge in [0.1, 0.15) is 6.61 Å². The summed E-state index contributed by atoms with van der Waals surface area (Å²) in [6, 6.07) is 10.5. The number of likely N-dealkylation sites (tertiary alicyclic amines) is 1. The Hall–Kier alpha value is -3.01. The SMILES string of the molecule is O=C(OCc1cc(Cl)cc(Cl)c1)N1CCC(N2CCN(C(=O)c3ccc4[nH]c(=O)oc4c3)CC2)CC1. The standard InChI is InChI=1S/C25H26Cl2N4O5/c26-18-11-16(12-19(27)14-18)15-35-25(34)31-5-3-20(4-6-31)29-7-9-30(10-8-29)23(32)17-1-2-21-22(13-17)36-24(33)28-21/h1-2,11-14,20H,3-10,15H2,(H,28,33). The predicted octanol–water partition coefficient (Wildman–Crippen LogP) is 3.99. The molecule has 9 nitrogen and oxygen atoms in total. The molecule has 5 rings (SSSR count). The molecule has 0 spiro atoms. The summed E-state index contributed by atoms with van der Waals surface area (Å²) in [4.78, 5) is 45.4. The van der Waals surface area contributed by atoms with Crippen LogP contribution in [-0.4, -0.2) is 77.0 Å². The van der Waals surface area contributed by atoms with Crippen molar-refractivity contribution in [3.05, 3.63) is 68.1 Å². The summed E-state index contributed by atoms with van der Waals surface area (Å²) in [6.45, 7) is 4.17. The van der Waals surface area contributed by atoms with Crippen molar-refractivity contribution in [3.8, 4) is 0 Å². The summed E-state index contributed by atoms with van der Waals surface area (Å²) < 4.78 is 10.5. The van der Waals surface area contributed by atoms with E-state index in [-0.39, 0.29) is 18.6 Å². The summed E-state index contributed by atoms with van der Waals surface area (Å²) in [5.41, 5.74) is 2.21. The maximum atomic E-state index is 13.0. The van der Waals surface area contributed by atoms with Gasteiger partial charge in [-0.2, -0.15) is 0 Å². The van der Waals surface area contributed by atoms with Gasteiger partial charge >= 0.3 is 11.8 Å². The van der Waals surface area contributed by atoms with E-state index < -0.39 is 5.76 Å². The molecule has 1 N–H and O–H groups in total. The number of aromatic nitrogens is 1. The van der Waals surface area contributed by atoms with E-state index in [4.69, 9.17) is 32.4 Å². The number of nitrogens with one attached hydrogen (secondary N) is 1. The van der Waals surface area contributed by atoms with Crippen LogP contribution >= 0.6 is 23.2 Å². The van der Waals surface area contributed by atoms with Gasteiger partial charge in [-0.3, -0.25) is 14.7 Å². The maximum Gasteiger partial charge on any atom is 0.417 e. The summed E-state index contributed by atoms with van der Waals surface area (Å²) in [7, 11) is 0. The third-order valence-corrected chi connectivity index (χ3v) is 7.23. The van der Waals surface area contributed by atoms with Crippen molar-refractivity contribution in [2.75, 3.05) is 39.3 Å². The average molecular weight is 533 g/mol. The van der Waals surface area contributed by atoms with Crippen molar-refractivity contribution in [1.82, 2.24) is 19.7 Å². The first-order valence-electron chi connectivity index (χ1n) is 11.9. The highest BCUT2D eigenvalue weighted by Gasteiger charge is 2.31. The Kier molecular flexibility index (Phi) is 7.22. The van der Waals surface area contributed by atoms with Gasteiger partial charge in [0.05, 0.1) is 5.52 Å². The number of hydrogen-bond donors (Lipinski definition) is 1. The second-order valence-corrected chi connectivity index (χ2v) is 9.98. The number of nitrogens with zero attached hydrogens (tertiary/aromatic N) is 3. The number of oxazole rings is 1. The minimum absolute atomic E-state index is 0.0704. The number of piperazine rings is 1. The van der Waals surface area contributed by atoms with Crippen molar-refractivity contribution >= 4 is 46.3 Å².